The summed E-state index contributed by atoms with van der Waals surface area (Å²) >= 11 is 0. The Morgan fingerprint density at radius 2 is 1.87 bits per heavy atom. The van der Waals surface area contributed by atoms with Crippen LogP contribution < -0.4 is 0 Å². The fraction of sp³-hybridized carbons (Fsp3) is 0.500. The summed E-state index contributed by atoms with van der Waals surface area (Å²) in [6.45, 7) is 2.18. The van der Waals surface area contributed by atoms with Crippen LogP contribution in [0.25, 0.3) is 0 Å². The summed E-state index contributed by atoms with van der Waals surface area (Å²) in [5, 5.41) is 8.91. The van der Waals surface area contributed by atoms with Crippen LogP contribution in [-0.4, -0.2) is 31.0 Å². The van der Waals surface area contributed by atoms with E-state index in [2.05, 4.69) is 0 Å². The Morgan fingerprint density at radius 1 is 1.13 bits per heavy atom. The van der Waals surface area contributed by atoms with Gasteiger partial charge in [-0.3, -0.25) is 0 Å². The van der Waals surface area contributed by atoms with E-state index in [-0.39, 0.29) is 12.7 Å². The van der Waals surface area contributed by atoms with Gasteiger partial charge in [0.1, 0.15) is 0 Å². The van der Waals surface area contributed by atoms with Crippen molar-refractivity contribution in [2.45, 2.75) is 19.1 Å². The van der Waals surface area contributed by atoms with Gasteiger partial charge in [-0.25, -0.2) is 0 Å². The maximum atomic E-state index is 8.91. The second kappa shape index (κ2) is 5.26. The van der Waals surface area contributed by atoms with Crippen LogP contribution in [-0.2, 0) is 22.5 Å². The third kappa shape index (κ3) is 3.02. The van der Waals surface area contributed by atoms with E-state index in [1.807, 2.05) is 24.3 Å². The van der Waals surface area contributed by atoms with Crippen molar-refractivity contribution in [3.8, 4) is 0 Å². The van der Waals surface area contributed by atoms with Gasteiger partial charge in [0, 0.05) is 6.42 Å². The number of aliphatic hydroxyl groups is 1. The van der Waals surface area contributed by atoms with Crippen LogP contribution in [0, 0.1) is 0 Å². The van der Waals surface area contributed by atoms with E-state index in [1.165, 1.54) is 5.56 Å². The van der Waals surface area contributed by atoms with Gasteiger partial charge in [-0.2, -0.15) is 0 Å². The van der Waals surface area contributed by atoms with Gasteiger partial charge in [-0.1, -0.05) is 24.3 Å². The largest absolute Gasteiger partial charge is 0.392 e. The Morgan fingerprint density at radius 3 is 2.47 bits per heavy atom. The highest BCUT2D eigenvalue weighted by molar-refractivity contribution is 5.22. The minimum absolute atomic E-state index is 0.101. The molecule has 0 amide bonds. The molecule has 0 radical (unpaired) electrons. The van der Waals surface area contributed by atoms with E-state index < -0.39 is 0 Å². The molecular formula is C12H16O3. The number of hydrogen-bond donors (Lipinski definition) is 1. The van der Waals surface area contributed by atoms with Crippen LogP contribution in [0.4, 0.5) is 0 Å². The van der Waals surface area contributed by atoms with Crippen LogP contribution >= 0.6 is 0 Å². The summed E-state index contributed by atoms with van der Waals surface area (Å²) in [7, 11) is 0. The van der Waals surface area contributed by atoms with Gasteiger partial charge in [0.2, 0.25) is 0 Å². The van der Waals surface area contributed by atoms with Crippen LogP contribution in [0.2, 0.25) is 0 Å². The molecular weight excluding hydrogens is 192 g/mol. The van der Waals surface area contributed by atoms with E-state index >= 15 is 0 Å². The number of hydrogen-bond acceptors (Lipinski definition) is 3. The molecule has 1 fully saturated rings. The highest BCUT2D eigenvalue weighted by Gasteiger charge is 2.14. The minimum Gasteiger partial charge on any atom is -0.392 e. The summed E-state index contributed by atoms with van der Waals surface area (Å²) < 4.78 is 10.9. The minimum atomic E-state index is 0.101. The molecule has 1 saturated heterocycles. The number of benzene rings is 1. The second-order valence-electron chi connectivity index (χ2n) is 3.75. The number of rotatable bonds is 3. The summed E-state index contributed by atoms with van der Waals surface area (Å²) in [6.07, 6.45) is 1.06. The van der Waals surface area contributed by atoms with E-state index in [0.717, 1.165) is 12.0 Å². The van der Waals surface area contributed by atoms with Crippen molar-refractivity contribution in [2.75, 3.05) is 19.8 Å². The van der Waals surface area contributed by atoms with E-state index in [1.54, 1.807) is 0 Å². The Labute approximate surface area is 89.6 Å². The third-order valence-electron chi connectivity index (χ3n) is 2.55. The van der Waals surface area contributed by atoms with Gasteiger partial charge < -0.3 is 14.6 Å². The topological polar surface area (TPSA) is 38.7 Å². The molecule has 15 heavy (non-hydrogen) atoms. The highest BCUT2D eigenvalue weighted by atomic mass is 16.6. The zero-order valence-corrected chi connectivity index (χ0v) is 8.69. The molecule has 1 aromatic carbocycles. The molecule has 1 atom stereocenters. The lowest BCUT2D eigenvalue weighted by Gasteiger charge is -2.22. The predicted molar refractivity (Wildman–Crippen MR) is 56.6 cm³/mol. The molecule has 3 nitrogen and oxygen atoms in total. The molecule has 3 heteroatoms. The standard InChI is InChI=1S/C12H16O3/c13-8-11-3-1-10(2-4-11)7-12-9-14-5-6-15-12/h1-4,12-13H,5-9H2. The Kier molecular flexibility index (Phi) is 3.72. The monoisotopic (exact) mass is 208 g/mol. The third-order valence-corrected chi connectivity index (χ3v) is 2.55. The molecule has 82 valence electrons. The zero-order valence-electron chi connectivity index (χ0n) is 8.69. The molecule has 1 aromatic rings. The quantitative estimate of drug-likeness (QED) is 0.809. The fourth-order valence-corrected chi connectivity index (χ4v) is 1.70. The van der Waals surface area contributed by atoms with Crippen molar-refractivity contribution < 1.29 is 14.6 Å². The molecule has 1 aliphatic rings. The van der Waals surface area contributed by atoms with Crippen molar-refractivity contribution in [3.05, 3.63) is 35.4 Å². The zero-order chi connectivity index (χ0) is 10.5. The van der Waals surface area contributed by atoms with Crippen molar-refractivity contribution in [2.24, 2.45) is 0 Å². The van der Waals surface area contributed by atoms with E-state index in [9.17, 15) is 0 Å². The first-order valence-electron chi connectivity index (χ1n) is 5.26. The normalized spacial score (nSPS) is 21.5. The first kappa shape index (κ1) is 10.6. The van der Waals surface area contributed by atoms with Crippen molar-refractivity contribution in [1.29, 1.82) is 0 Å². The van der Waals surface area contributed by atoms with Crippen LogP contribution in [0.3, 0.4) is 0 Å². The van der Waals surface area contributed by atoms with Gasteiger partial charge in [-0.15, -0.1) is 0 Å². The van der Waals surface area contributed by atoms with Crippen molar-refractivity contribution >= 4 is 0 Å². The molecule has 0 aromatic heterocycles. The number of aliphatic hydroxyl groups excluding tert-OH is 1. The lowest BCUT2D eigenvalue weighted by atomic mass is 10.1. The molecule has 1 unspecified atom stereocenters. The SMILES string of the molecule is OCc1ccc(CC2COCCO2)cc1. The predicted octanol–water partition coefficient (Wildman–Crippen LogP) is 1.14. The van der Waals surface area contributed by atoms with Crippen molar-refractivity contribution in [3.63, 3.8) is 0 Å². The summed E-state index contributed by atoms with van der Waals surface area (Å²) in [6, 6.07) is 7.95. The van der Waals surface area contributed by atoms with E-state index in [0.29, 0.717) is 19.8 Å². The Hall–Kier alpha value is -0.900. The summed E-state index contributed by atoms with van der Waals surface area (Å²) in [4.78, 5) is 0. The molecule has 0 saturated carbocycles. The van der Waals surface area contributed by atoms with Crippen LogP contribution in [0.5, 0.6) is 0 Å². The maximum absolute atomic E-state index is 8.91. The molecule has 2 rings (SSSR count). The van der Waals surface area contributed by atoms with Crippen LogP contribution in [0.1, 0.15) is 11.1 Å². The second-order valence-corrected chi connectivity index (χ2v) is 3.75. The first-order valence-corrected chi connectivity index (χ1v) is 5.26. The smallest absolute Gasteiger partial charge is 0.0849 e. The van der Waals surface area contributed by atoms with Gasteiger partial charge in [0.25, 0.3) is 0 Å². The maximum Gasteiger partial charge on any atom is 0.0849 e. The summed E-state index contributed by atoms with van der Waals surface area (Å²) in [5.41, 5.74) is 2.17. The molecule has 0 bridgehead atoms. The Bertz CT molecular complexity index is 288. The van der Waals surface area contributed by atoms with Crippen LogP contribution in [0.15, 0.2) is 24.3 Å². The van der Waals surface area contributed by atoms with Gasteiger partial charge in [0.15, 0.2) is 0 Å². The summed E-state index contributed by atoms with van der Waals surface area (Å²) in [5.74, 6) is 0. The van der Waals surface area contributed by atoms with E-state index in [4.69, 9.17) is 14.6 Å². The van der Waals surface area contributed by atoms with Gasteiger partial charge in [-0.05, 0) is 11.1 Å². The molecule has 0 aliphatic carbocycles. The lowest BCUT2D eigenvalue weighted by Crippen LogP contribution is -2.30. The average Bonchev–Trinajstić information content (AvgIpc) is 2.31. The lowest BCUT2D eigenvalue weighted by molar-refractivity contribution is -0.0872. The number of ether oxygens (including phenoxy) is 2. The fourth-order valence-electron chi connectivity index (χ4n) is 1.70. The van der Waals surface area contributed by atoms with Gasteiger partial charge >= 0.3 is 0 Å². The molecule has 0 spiro atoms. The highest BCUT2D eigenvalue weighted by Crippen LogP contribution is 2.11. The van der Waals surface area contributed by atoms with Crippen molar-refractivity contribution in [1.82, 2.24) is 0 Å². The first-order chi connectivity index (χ1) is 7.38. The molecule has 1 heterocycles. The van der Waals surface area contributed by atoms with Gasteiger partial charge in [0.05, 0.1) is 32.5 Å². The molecule has 1 N–H and O–H groups in total. The Balaban J connectivity index is 1.91. The average molecular weight is 208 g/mol. The molecule has 1 aliphatic heterocycles.